The van der Waals surface area contributed by atoms with Crippen molar-refractivity contribution in [2.45, 2.75) is 50.4 Å². The Morgan fingerprint density at radius 3 is 2.12 bits per heavy atom. The highest BCUT2D eigenvalue weighted by atomic mass is 32.2. The summed E-state index contributed by atoms with van der Waals surface area (Å²) in [5, 5.41) is -0.902. The molecule has 0 aromatic carbocycles. The molecule has 92 valence electrons. The Morgan fingerprint density at radius 1 is 1.31 bits per heavy atom. The second kappa shape index (κ2) is 5.69. The Hall–Kier alpha value is -0.533. The maximum Gasteiger partial charge on any atom is 0.159 e. The van der Waals surface area contributed by atoms with E-state index in [-0.39, 0.29) is 5.25 Å². The van der Waals surface area contributed by atoms with Gasteiger partial charge in [0, 0.05) is 6.42 Å². The molecule has 0 aromatic heterocycles. The van der Waals surface area contributed by atoms with Gasteiger partial charge in [-0.2, -0.15) is 0 Å². The molecule has 0 radical (unpaired) electrons. The molecular formula is C12H22O2SSi. The first kappa shape index (κ1) is 15.5. The summed E-state index contributed by atoms with van der Waals surface area (Å²) >= 11 is 0. The molecule has 0 aliphatic carbocycles. The van der Waals surface area contributed by atoms with E-state index in [4.69, 9.17) is 0 Å². The largest absolute Gasteiger partial charge is 0.228 e. The van der Waals surface area contributed by atoms with E-state index in [1.807, 2.05) is 0 Å². The fourth-order valence-corrected chi connectivity index (χ4v) is 3.02. The molecular weight excluding hydrogens is 236 g/mol. The third-order valence-corrected chi connectivity index (χ3v) is 5.55. The maximum atomic E-state index is 11.9. The van der Waals surface area contributed by atoms with E-state index in [0.717, 1.165) is 0 Å². The van der Waals surface area contributed by atoms with Crippen LogP contribution < -0.4 is 0 Å². The number of hydrogen-bond donors (Lipinski definition) is 0. The molecule has 1 atom stereocenters. The second-order valence-electron chi connectivity index (χ2n) is 5.17. The molecule has 0 bridgehead atoms. The average Bonchev–Trinajstić information content (AvgIpc) is 2.10. The first-order valence-corrected chi connectivity index (χ1v) is 10.6. The Balaban J connectivity index is 4.80. The van der Waals surface area contributed by atoms with Crippen LogP contribution in [-0.4, -0.2) is 27.0 Å². The summed E-state index contributed by atoms with van der Waals surface area (Å²) in [4.78, 5) is 0. The Bertz CT molecular complexity index is 391. The summed E-state index contributed by atoms with van der Waals surface area (Å²) in [7, 11) is -4.53. The standard InChI is InChI=1S/C12H22O2SSi/c1-7-12(15(13,14)11(2)3)9-8-10-16(4,5)6/h7,11-12H,1,9H2,2-6H3. The first-order chi connectivity index (χ1) is 7.11. The van der Waals surface area contributed by atoms with Crippen molar-refractivity contribution in [3.8, 4) is 11.5 Å². The van der Waals surface area contributed by atoms with Crippen LogP contribution in [0.25, 0.3) is 0 Å². The molecule has 0 N–H and O–H groups in total. The van der Waals surface area contributed by atoms with Gasteiger partial charge in [-0.25, -0.2) is 8.42 Å². The van der Waals surface area contributed by atoms with E-state index >= 15 is 0 Å². The van der Waals surface area contributed by atoms with Crippen LogP contribution in [0.5, 0.6) is 0 Å². The summed E-state index contributed by atoms with van der Waals surface area (Å²) in [5.74, 6) is 3.00. The zero-order chi connectivity index (χ0) is 13.0. The zero-order valence-electron chi connectivity index (χ0n) is 10.9. The second-order valence-corrected chi connectivity index (χ2v) is 12.6. The van der Waals surface area contributed by atoms with Crippen LogP contribution in [-0.2, 0) is 9.84 Å². The number of hydrogen-bond acceptors (Lipinski definition) is 2. The summed E-state index contributed by atoms with van der Waals surface area (Å²) in [5.41, 5.74) is 3.17. The Kier molecular flexibility index (Phi) is 5.50. The lowest BCUT2D eigenvalue weighted by atomic mass is 10.3. The third kappa shape index (κ3) is 5.00. The van der Waals surface area contributed by atoms with Crippen molar-refractivity contribution in [1.29, 1.82) is 0 Å². The zero-order valence-corrected chi connectivity index (χ0v) is 12.7. The molecule has 2 nitrogen and oxygen atoms in total. The van der Waals surface area contributed by atoms with Gasteiger partial charge >= 0.3 is 0 Å². The van der Waals surface area contributed by atoms with Gasteiger partial charge in [-0.1, -0.05) is 25.7 Å². The molecule has 1 unspecified atom stereocenters. The van der Waals surface area contributed by atoms with Gasteiger partial charge in [0.1, 0.15) is 8.07 Å². The SMILES string of the molecule is C=CC(CC#C[Si](C)(C)C)S(=O)(=O)C(C)C. The predicted molar refractivity (Wildman–Crippen MR) is 73.8 cm³/mol. The normalized spacial score (nSPS) is 14.1. The predicted octanol–water partition coefficient (Wildman–Crippen LogP) is 2.64. The lowest BCUT2D eigenvalue weighted by Gasteiger charge is -2.14. The monoisotopic (exact) mass is 258 g/mol. The van der Waals surface area contributed by atoms with E-state index in [2.05, 4.69) is 37.7 Å². The molecule has 0 aliphatic rings. The van der Waals surface area contributed by atoms with Crippen molar-refractivity contribution in [2.24, 2.45) is 0 Å². The molecule has 0 aromatic rings. The number of rotatable bonds is 4. The topological polar surface area (TPSA) is 34.1 Å². The smallest absolute Gasteiger partial charge is 0.159 e. The van der Waals surface area contributed by atoms with Crippen molar-refractivity contribution in [3.63, 3.8) is 0 Å². The van der Waals surface area contributed by atoms with Gasteiger partial charge in [0.2, 0.25) is 0 Å². The highest BCUT2D eigenvalue weighted by molar-refractivity contribution is 7.92. The molecule has 0 saturated carbocycles. The van der Waals surface area contributed by atoms with Gasteiger partial charge in [-0.05, 0) is 13.8 Å². The molecule has 0 aliphatic heterocycles. The van der Waals surface area contributed by atoms with E-state index < -0.39 is 23.2 Å². The van der Waals surface area contributed by atoms with Gasteiger partial charge in [0.15, 0.2) is 9.84 Å². The molecule has 0 saturated heterocycles. The fraction of sp³-hybridized carbons (Fsp3) is 0.667. The van der Waals surface area contributed by atoms with Gasteiger partial charge < -0.3 is 0 Å². The van der Waals surface area contributed by atoms with Crippen molar-refractivity contribution in [2.75, 3.05) is 0 Å². The van der Waals surface area contributed by atoms with E-state index in [0.29, 0.717) is 6.42 Å². The minimum atomic E-state index is -3.11. The number of sulfone groups is 1. The molecule has 0 fully saturated rings. The highest BCUT2D eigenvalue weighted by Gasteiger charge is 2.25. The quantitative estimate of drug-likeness (QED) is 0.441. The lowest BCUT2D eigenvalue weighted by Crippen LogP contribution is -2.26. The van der Waals surface area contributed by atoms with Crippen LogP contribution in [0.3, 0.4) is 0 Å². The van der Waals surface area contributed by atoms with Crippen LogP contribution in [0.1, 0.15) is 20.3 Å². The van der Waals surface area contributed by atoms with E-state index in [1.165, 1.54) is 6.08 Å². The molecule has 16 heavy (non-hydrogen) atoms. The van der Waals surface area contributed by atoms with Crippen molar-refractivity contribution in [3.05, 3.63) is 12.7 Å². The Morgan fingerprint density at radius 2 is 1.81 bits per heavy atom. The molecule has 0 rings (SSSR count). The summed E-state index contributed by atoms with van der Waals surface area (Å²) < 4.78 is 23.8. The van der Waals surface area contributed by atoms with Crippen LogP contribution in [0.2, 0.25) is 19.6 Å². The van der Waals surface area contributed by atoms with Crippen molar-refractivity contribution < 1.29 is 8.42 Å². The van der Waals surface area contributed by atoms with Crippen molar-refractivity contribution in [1.82, 2.24) is 0 Å². The first-order valence-electron chi connectivity index (χ1n) is 5.46. The van der Waals surface area contributed by atoms with Crippen LogP contribution in [0.15, 0.2) is 12.7 Å². The maximum absolute atomic E-state index is 11.9. The van der Waals surface area contributed by atoms with E-state index in [9.17, 15) is 8.42 Å². The van der Waals surface area contributed by atoms with Gasteiger partial charge in [-0.3, -0.25) is 0 Å². The average molecular weight is 258 g/mol. The summed E-state index contributed by atoms with van der Waals surface area (Å²) in [6.07, 6.45) is 1.86. The fourth-order valence-electron chi connectivity index (χ4n) is 1.10. The van der Waals surface area contributed by atoms with Crippen LogP contribution >= 0.6 is 0 Å². The minimum Gasteiger partial charge on any atom is -0.228 e. The Labute approximate surface area is 101 Å². The highest BCUT2D eigenvalue weighted by Crippen LogP contribution is 2.13. The van der Waals surface area contributed by atoms with Crippen LogP contribution in [0, 0.1) is 11.5 Å². The summed E-state index contributed by atoms with van der Waals surface area (Å²) in [6.45, 7) is 13.4. The molecule has 4 heteroatoms. The van der Waals surface area contributed by atoms with Crippen LogP contribution in [0.4, 0.5) is 0 Å². The van der Waals surface area contributed by atoms with Gasteiger partial charge in [0.25, 0.3) is 0 Å². The van der Waals surface area contributed by atoms with Gasteiger partial charge in [0.05, 0.1) is 10.5 Å². The molecule has 0 heterocycles. The van der Waals surface area contributed by atoms with Gasteiger partial charge in [-0.15, -0.1) is 18.0 Å². The third-order valence-electron chi connectivity index (χ3n) is 2.11. The molecule has 0 spiro atoms. The molecule has 0 amide bonds. The van der Waals surface area contributed by atoms with Crippen molar-refractivity contribution >= 4 is 17.9 Å². The van der Waals surface area contributed by atoms with E-state index in [1.54, 1.807) is 13.8 Å². The summed E-state index contributed by atoms with van der Waals surface area (Å²) in [6, 6.07) is 0. The lowest BCUT2D eigenvalue weighted by molar-refractivity contribution is 0.580. The minimum absolute atomic E-state index is 0.369.